The van der Waals surface area contributed by atoms with Crippen molar-refractivity contribution >= 4 is 5.91 Å². The van der Waals surface area contributed by atoms with Gasteiger partial charge in [0.2, 0.25) is 5.91 Å². The van der Waals surface area contributed by atoms with Crippen molar-refractivity contribution in [3.8, 4) is 0 Å². The Morgan fingerprint density at radius 3 is 1.39 bits per heavy atom. The zero-order chi connectivity index (χ0) is 50.1. The molecule has 9 nitrogen and oxygen atoms in total. The minimum atomic E-state index is -1.59. The van der Waals surface area contributed by atoms with Crippen LogP contribution in [0.4, 0.5) is 0 Å². The molecule has 1 rings (SSSR count). The van der Waals surface area contributed by atoms with Crippen molar-refractivity contribution in [3.63, 3.8) is 0 Å². The first-order valence-electron chi connectivity index (χ1n) is 28.0. The Morgan fingerprint density at radius 2 is 0.913 bits per heavy atom. The second kappa shape index (κ2) is 48.7. The van der Waals surface area contributed by atoms with Crippen molar-refractivity contribution in [2.45, 2.75) is 262 Å². The van der Waals surface area contributed by atoms with Crippen LogP contribution in [0.25, 0.3) is 0 Å². The van der Waals surface area contributed by atoms with Gasteiger partial charge in [-0.2, -0.15) is 0 Å². The number of hydrogen-bond donors (Lipinski definition) is 6. The molecule has 6 N–H and O–H groups in total. The van der Waals surface area contributed by atoms with Gasteiger partial charge in [-0.25, -0.2) is 0 Å². The highest BCUT2D eigenvalue weighted by atomic mass is 16.7. The molecule has 0 bridgehead atoms. The Hall–Kier alpha value is -2.89. The number of unbranched alkanes of at least 4 members (excludes halogenated alkanes) is 22. The highest BCUT2D eigenvalue weighted by Crippen LogP contribution is 2.23. The fourth-order valence-electron chi connectivity index (χ4n) is 8.21. The molecule has 0 radical (unpaired) electrons. The van der Waals surface area contributed by atoms with E-state index in [1.54, 1.807) is 6.08 Å². The lowest BCUT2D eigenvalue weighted by molar-refractivity contribution is -0.302. The van der Waals surface area contributed by atoms with Crippen molar-refractivity contribution in [2.24, 2.45) is 0 Å². The van der Waals surface area contributed by atoms with E-state index in [2.05, 4.69) is 104 Å². The number of allylic oxidation sites excluding steroid dienone is 15. The number of aliphatic hydroxyl groups excluding tert-OH is 5. The normalized spacial score (nSPS) is 20.2. The van der Waals surface area contributed by atoms with Crippen LogP contribution in [0.2, 0.25) is 0 Å². The van der Waals surface area contributed by atoms with Crippen molar-refractivity contribution in [1.82, 2.24) is 5.32 Å². The van der Waals surface area contributed by atoms with Crippen molar-refractivity contribution in [2.75, 3.05) is 13.2 Å². The summed E-state index contributed by atoms with van der Waals surface area (Å²) in [5, 5.41) is 54.4. The lowest BCUT2D eigenvalue weighted by atomic mass is 9.99. The molecule has 0 aromatic heterocycles. The van der Waals surface area contributed by atoms with Gasteiger partial charge in [-0.1, -0.05) is 220 Å². The number of nitrogens with one attached hydrogen (secondary N) is 1. The summed E-state index contributed by atoms with van der Waals surface area (Å²) in [6.07, 6.45) is 63.3. The largest absolute Gasteiger partial charge is 0.394 e. The molecule has 1 aliphatic rings. The minimum Gasteiger partial charge on any atom is -0.394 e. The molecule has 9 heteroatoms. The summed E-state index contributed by atoms with van der Waals surface area (Å²) < 4.78 is 11.2. The van der Waals surface area contributed by atoms with Crippen LogP contribution in [-0.4, -0.2) is 87.5 Å². The number of carbonyl (C=O) groups is 1. The lowest BCUT2D eigenvalue weighted by Crippen LogP contribution is -2.60. The monoisotopic (exact) mass is 966 g/mol. The number of carbonyl (C=O) groups excluding carboxylic acids is 1. The maximum Gasteiger partial charge on any atom is 0.220 e. The van der Waals surface area contributed by atoms with E-state index in [0.29, 0.717) is 6.42 Å². The topological polar surface area (TPSA) is 149 Å². The number of hydrogen-bond acceptors (Lipinski definition) is 8. The molecule has 396 valence electrons. The van der Waals surface area contributed by atoms with E-state index in [-0.39, 0.29) is 18.9 Å². The van der Waals surface area contributed by atoms with Crippen molar-refractivity contribution in [3.05, 3.63) is 97.2 Å². The zero-order valence-corrected chi connectivity index (χ0v) is 43.8. The van der Waals surface area contributed by atoms with E-state index in [9.17, 15) is 30.3 Å². The summed E-state index contributed by atoms with van der Waals surface area (Å²) in [6.45, 7) is 3.62. The molecule has 0 aromatic rings. The summed E-state index contributed by atoms with van der Waals surface area (Å²) in [7, 11) is 0. The molecular weight excluding hydrogens is 863 g/mol. The quantitative estimate of drug-likeness (QED) is 0.0261. The van der Waals surface area contributed by atoms with Gasteiger partial charge in [0.05, 0.1) is 25.4 Å². The van der Waals surface area contributed by atoms with Crippen LogP contribution in [0, 0.1) is 0 Å². The molecular formula is C60H103NO8. The highest BCUT2D eigenvalue weighted by Gasteiger charge is 2.44. The Morgan fingerprint density at radius 1 is 0.507 bits per heavy atom. The molecule has 1 saturated heterocycles. The fraction of sp³-hybridized carbons (Fsp3) is 0.717. The van der Waals surface area contributed by atoms with Crippen LogP contribution in [-0.2, 0) is 14.3 Å². The SMILES string of the molecule is CC/C=C\C/C=C\C/C=C\C/C=C\C/C=C\CCCCCC(=O)NC(COC1OC(CO)C(O)C(O)C1O)C(O)/C=C/CC/C=C/CC/C=C/CCCCCCCCCCCCCCCCCCC. The van der Waals surface area contributed by atoms with Crippen LogP contribution in [0.1, 0.15) is 219 Å². The summed E-state index contributed by atoms with van der Waals surface area (Å²) in [4.78, 5) is 13.0. The Balaban J connectivity index is 2.31. The first-order chi connectivity index (χ1) is 33.8. The average molecular weight is 966 g/mol. The number of aliphatic hydroxyl groups is 5. The van der Waals surface area contributed by atoms with Gasteiger partial charge in [-0.3, -0.25) is 4.79 Å². The second-order valence-corrected chi connectivity index (χ2v) is 19.0. The Labute approximate surface area is 422 Å². The van der Waals surface area contributed by atoms with Gasteiger partial charge < -0.3 is 40.3 Å². The predicted octanol–water partition coefficient (Wildman–Crippen LogP) is 13.6. The molecule has 0 spiro atoms. The average Bonchev–Trinajstić information content (AvgIpc) is 3.35. The molecule has 1 amide bonds. The van der Waals surface area contributed by atoms with Crippen LogP contribution >= 0.6 is 0 Å². The molecule has 7 unspecified atom stereocenters. The third-order valence-electron chi connectivity index (χ3n) is 12.6. The molecule has 1 fully saturated rings. The van der Waals surface area contributed by atoms with Crippen molar-refractivity contribution < 1.29 is 39.8 Å². The van der Waals surface area contributed by atoms with E-state index in [1.807, 2.05) is 6.08 Å². The third kappa shape index (κ3) is 38.5. The Kier molecular flexibility index (Phi) is 45.3. The van der Waals surface area contributed by atoms with Gasteiger partial charge in [0.1, 0.15) is 24.4 Å². The maximum absolute atomic E-state index is 13.0. The Bertz CT molecular complexity index is 1400. The summed E-state index contributed by atoms with van der Waals surface area (Å²) in [5.74, 6) is -0.225. The van der Waals surface area contributed by atoms with Gasteiger partial charge in [0.15, 0.2) is 6.29 Å². The number of rotatable bonds is 46. The predicted molar refractivity (Wildman–Crippen MR) is 290 cm³/mol. The van der Waals surface area contributed by atoms with E-state index < -0.39 is 49.5 Å². The third-order valence-corrected chi connectivity index (χ3v) is 12.6. The summed E-state index contributed by atoms with van der Waals surface area (Å²) in [6, 6.07) is -0.853. The van der Waals surface area contributed by atoms with Crippen molar-refractivity contribution in [1.29, 1.82) is 0 Å². The van der Waals surface area contributed by atoms with Gasteiger partial charge in [-0.05, 0) is 89.9 Å². The van der Waals surface area contributed by atoms with E-state index >= 15 is 0 Å². The van der Waals surface area contributed by atoms with Crippen LogP contribution < -0.4 is 5.32 Å². The molecule has 1 heterocycles. The summed E-state index contributed by atoms with van der Waals surface area (Å²) in [5.41, 5.74) is 0. The smallest absolute Gasteiger partial charge is 0.220 e. The first-order valence-corrected chi connectivity index (χ1v) is 28.0. The van der Waals surface area contributed by atoms with Gasteiger partial charge in [-0.15, -0.1) is 0 Å². The molecule has 1 aliphatic heterocycles. The van der Waals surface area contributed by atoms with Crippen LogP contribution in [0.15, 0.2) is 97.2 Å². The maximum atomic E-state index is 13.0. The number of ether oxygens (including phenoxy) is 2. The second-order valence-electron chi connectivity index (χ2n) is 19.0. The molecule has 0 aromatic carbocycles. The lowest BCUT2D eigenvalue weighted by Gasteiger charge is -2.40. The molecule has 69 heavy (non-hydrogen) atoms. The van der Waals surface area contributed by atoms with E-state index in [1.165, 1.54) is 109 Å². The van der Waals surface area contributed by atoms with Gasteiger partial charge in [0.25, 0.3) is 0 Å². The molecule has 7 atom stereocenters. The van der Waals surface area contributed by atoms with E-state index in [0.717, 1.165) is 83.5 Å². The van der Waals surface area contributed by atoms with Gasteiger partial charge >= 0.3 is 0 Å². The van der Waals surface area contributed by atoms with Gasteiger partial charge in [0, 0.05) is 6.42 Å². The summed E-state index contributed by atoms with van der Waals surface area (Å²) >= 11 is 0. The standard InChI is InChI=1S/C60H103NO8/c1-3-5-7-9-11-13-15-17-19-21-23-24-25-26-27-28-29-30-32-33-35-37-39-41-43-45-47-49-54(63)53(52-68-60-59(67)58(66)57(65)55(51-62)69-60)61-56(64)50-48-46-44-42-40-38-36-34-31-22-20-18-16-14-12-10-8-6-4-2/h6,8,12,14,18,20,31-34,38-41,47,49,53-55,57-60,62-63,65-67H,3-5,7,9-11,13,15-17,19,21-30,35-37,42-46,48,50-52H2,1-2H3,(H,61,64)/b8-6-,14-12-,20-18-,33-32+,34-31-,40-38-,41-39+,49-47+. The van der Waals surface area contributed by atoms with Crippen LogP contribution in [0.3, 0.4) is 0 Å². The minimum absolute atomic E-state index is 0.225. The zero-order valence-electron chi connectivity index (χ0n) is 43.8. The number of amides is 1. The van der Waals surface area contributed by atoms with Crippen LogP contribution in [0.5, 0.6) is 0 Å². The first kappa shape index (κ1) is 64.1. The molecule has 0 aliphatic carbocycles. The fourth-order valence-corrected chi connectivity index (χ4v) is 8.21. The highest BCUT2D eigenvalue weighted by molar-refractivity contribution is 5.76. The van der Waals surface area contributed by atoms with E-state index in [4.69, 9.17) is 9.47 Å². The molecule has 0 saturated carbocycles.